The summed E-state index contributed by atoms with van der Waals surface area (Å²) < 4.78 is 5.50. The summed E-state index contributed by atoms with van der Waals surface area (Å²) in [7, 11) is 1.49. The molecule has 0 aromatic heterocycles. The van der Waals surface area contributed by atoms with Crippen LogP contribution in [0.4, 0.5) is 11.4 Å². The second-order valence-corrected chi connectivity index (χ2v) is 10.3. The van der Waals surface area contributed by atoms with Crippen LogP contribution in [0.15, 0.2) is 24.3 Å². The molecule has 8 heteroatoms. The molecule has 4 heterocycles. The van der Waals surface area contributed by atoms with Crippen LogP contribution in [0.2, 0.25) is 5.02 Å². The van der Waals surface area contributed by atoms with E-state index in [4.69, 9.17) is 16.3 Å². The van der Waals surface area contributed by atoms with Crippen molar-refractivity contribution in [3.63, 3.8) is 0 Å². The number of hydrogen-bond donors (Lipinski definition) is 1. The minimum absolute atomic E-state index is 0.164. The maximum Gasteiger partial charge on any atom is 0.250 e. The Morgan fingerprint density at radius 1 is 1.06 bits per heavy atom. The molecule has 4 aliphatic heterocycles. The molecule has 1 spiro atoms. The first-order valence-electron chi connectivity index (χ1n) is 11.6. The standard InChI is InChI=1S/C26H26ClN3O4/c1-12-8-14(3)22-15(9-12)26(25(33)28-22)21-20(17-6-5-7-29(17)26)23(31)30(24(21)32)18-10-13(2)16(27)11-19(18)34-4/h8-11,17,20-21H,5-7H2,1-4H3,(H,28,33)/t17-,20+,21+,26+/m0/s1. The summed E-state index contributed by atoms with van der Waals surface area (Å²) in [5.74, 6) is -1.86. The van der Waals surface area contributed by atoms with Gasteiger partial charge in [0.05, 0.1) is 24.6 Å². The molecule has 7 nitrogen and oxygen atoms in total. The number of carbonyl (C=O) groups is 3. The lowest BCUT2D eigenvalue weighted by Gasteiger charge is -2.37. The lowest BCUT2D eigenvalue weighted by molar-refractivity contribution is -0.135. The molecular formula is C26H26ClN3O4. The van der Waals surface area contributed by atoms with Gasteiger partial charge in [-0.1, -0.05) is 29.3 Å². The number of imide groups is 1. The van der Waals surface area contributed by atoms with Crippen molar-refractivity contribution in [1.82, 2.24) is 4.90 Å². The third-order valence-corrected chi connectivity index (χ3v) is 8.55. The maximum absolute atomic E-state index is 14.2. The van der Waals surface area contributed by atoms with Gasteiger partial charge < -0.3 is 10.1 Å². The molecule has 0 unspecified atom stereocenters. The number of fused-ring (bicyclic) bond motifs is 7. The highest BCUT2D eigenvalue weighted by Crippen LogP contribution is 2.61. The zero-order valence-corrected chi connectivity index (χ0v) is 20.3. The minimum Gasteiger partial charge on any atom is -0.495 e. The van der Waals surface area contributed by atoms with Gasteiger partial charge in [-0.25, -0.2) is 4.90 Å². The van der Waals surface area contributed by atoms with Crippen LogP contribution in [0.1, 0.15) is 35.1 Å². The van der Waals surface area contributed by atoms with Crippen LogP contribution in [0.5, 0.6) is 5.75 Å². The van der Waals surface area contributed by atoms with Gasteiger partial charge in [-0.2, -0.15) is 0 Å². The van der Waals surface area contributed by atoms with Gasteiger partial charge in [0.25, 0.3) is 0 Å². The first-order chi connectivity index (χ1) is 16.2. The molecule has 0 radical (unpaired) electrons. The highest BCUT2D eigenvalue weighted by molar-refractivity contribution is 6.32. The van der Waals surface area contributed by atoms with Gasteiger partial charge in [0.1, 0.15) is 11.3 Å². The van der Waals surface area contributed by atoms with Crippen molar-refractivity contribution in [1.29, 1.82) is 0 Å². The number of rotatable bonds is 2. The molecule has 3 fully saturated rings. The average Bonchev–Trinajstić information content (AvgIpc) is 3.49. The Balaban J connectivity index is 1.58. The van der Waals surface area contributed by atoms with Crippen LogP contribution in [-0.2, 0) is 19.9 Å². The van der Waals surface area contributed by atoms with Crippen LogP contribution in [0, 0.1) is 32.6 Å². The van der Waals surface area contributed by atoms with E-state index in [2.05, 4.69) is 10.2 Å². The summed E-state index contributed by atoms with van der Waals surface area (Å²) in [6.07, 6.45) is 1.66. The predicted octanol–water partition coefficient (Wildman–Crippen LogP) is 3.71. The molecule has 0 aliphatic carbocycles. The Morgan fingerprint density at radius 3 is 2.56 bits per heavy atom. The number of benzene rings is 2. The number of aryl methyl sites for hydroxylation is 3. The molecule has 4 aliphatic rings. The number of amides is 3. The average molecular weight is 480 g/mol. The van der Waals surface area contributed by atoms with E-state index >= 15 is 0 Å². The van der Waals surface area contributed by atoms with Crippen LogP contribution >= 0.6 is 11.6 Å². The molecule has 34 heavy (non-hydrogen) atoms. The Morgan fingerprint density at radius 2 is 1.82 bits per heavy atom. The third kappa shape index (κ3) is 2.44. The Hall–Kier alpha value is -2.90. The number of anilines is 2. The molecule has 0 saturated carbocycles. The minimum atomic E-state index is -1.19. The molecule has 176 valence electrons. The van der Waals surface area contributed by atoms with Crippen molar-refractivity contribution in [3.8, 4) is 5.75 Å². The highest BCUT2D eigenvalue weighted by atomic mass is 35.5. The Labute approximate surface area is 203 Å². The fourth-order valence-electron chi connectivity index (χ4n) is 6.88. The second-order valence-electron chi connectivity index (χ2n) is 9.92. The van der Waals surface area contributed by atoms with Crippen LogP contribution < -0.4 is 15.0 Å². The zero-order valence-electron chi connectivity index (χ0n) is 19.6. The fraction of sp³-hybridized carbons (Fsp3) is 0.423. The van der Waals surface area contributed by atoms with Gasteiger partial charge in [0.2, 0.25) is 17.7 Å². The van der Waals surface area contributed by atoms with E-state index in [9.17, 15) is 14.4 Å². The van der Waals surface area contributed by atoms with Gasteiger partial charge >= 0.3 is 0 Å². The number of hydrogen-bond acceptors (Lipinski definition) is 5. The van der Waals surface area contributed by atoms with Crippen molar-refractivity contribution in [2.75, 3.05) is 23.9 Å². The highest BCUT2D eigenvalue weighted by Gasteiger charge is 2.74. The molecule has 6 rings (SSSR count). The molecule has 3 amide bonds. The normalized spacial score (nSPS) is 29.6. The van der Waals surface area contributed by atoms with E-state index in [0.717, 1.165) is 40.8 Å². The van der Waals surface area contributed by atoms with Crippen molar-refractivity contribution in [2.45, 2.75) is 45.2 Å². The van der Waals surface area contributed by atoms with E-state index in [1.165, 1.54) is 12.0 Å². The molecular weight excluding hydrogens is 454 g/mol. The third-order valence-electron chi connectivity index (χ3n) is 8.14. The maximum atomic E-state index is 14.2. The summed E-state index contributed by atoms with van der Waals surface area (Å²) in [6, 6.07) is 7.22. The molecule has 4 atom stereocenters. The Kier molecular flexibility index (Phi) is 4.49. The number of nitrogens with zero attached hydrogens (tertiary/aromatic N) is 2. The van der Waals surface area contributed by atoms with Gasteiger partial charge in [-0.05, 0) is 57.4 Å². The number of ether oxygens (including phenoxy) is 1. The van der Waals surface area contributed by atoms with Gasteiger partial charge in [-0.15, -0.1) is 0 Å². The molecule has 0 bridgehead atoms. The van der Waals surface area contributed by atoms with Crippen molar-refractivity contribution < 1.29 is 19.1 Å². The summed E-state index contributed by atoms with van der Waals surface area (Å²) in [6.45, 7) is 6.46. The largest absolute Gasteiger partial charge is 0.495 e. The van der Waals surface area contributed by atoms with Crippen molar-refractivity contribution in [3.05, 3.63) is 51.5 Å². The summed E-state index contributed by atoms with van der Waals surface area (Å²) >= 11 is 6.29. The van der Waals surface area contributed by atoms with Crippen LogP contribution in [0.25, 0.3) is 0 Å². The number of nitrogens with one attached hydrogen (secondary N) is 1. The zero-order chi connectivity index (χ0) is 24.1. The topological polar surface area (TPSA) is 79.0 Å². The van der Waals surface area contributed by atoms with Crippen LogP contribution in [0.3, 0.4) is 0 Å². The molecule has 3 saturated heterocycles. The first kappa shape index (κ1) is 21.6. The summed E-state index contributed by atoms with van der Waals surface area (Å²) in [5, 5.41) is 3.57. The molecule has 1 N–H and O–H groups in total. The first-order valence-corrected chi connectivity index (χ1v) is 12.0. The molecule has 2 aromatic rings. The lowest BCUT2D eigenvalue weighted by atomic mass is 9.75. The quantitative estimate of drug-likeness (QED) is 0.664. The van der Waals surface area contributed by atoms with Gasteiger partial charge in [0, 0.05) is 28.4 Å². The number of methoxy groups -OCH3 is 1. The summed E-state index contributed by atoms with van der Waals surface area (Å²) in [5.41, 5.74) is 3.50. The van der Waals surface area contributed by atoms with E-state index in [0.29, 0.717) is 23.0 Å². The van der Waals surface area contributed by atoms with E-state index in [1.807, 2.05) is 32.9 Å². The van der Waals surface area contributed by atoms with Crippen molar-refractivity contribution >= 4 is 40.7 Å². The van der Waals surface area contributed by atoms with E-state index in [-0.39, 0.29) is 23.8 Å². The lowest BCUT2D eigenvalue weighted by Crippen LogP contribution is -2.54. The summed E-state index contributed by atoms with van der Waals surface area (Å²) in [4.78, 5) is 45.4. The second kappa shape index (κ2) is 7.06. The number of carbonyl (C=O) groups excluding carboxylic acids is 3. The fourth-order valence-corrected chi connectivity index (χ4v) is 7.04. The van der Waals surface area contributed by atoms with Crippen molar-refractivity contribution in [2.24, 2.45) is 11.8 Å². The molecule has 2 aromatic carbocycles. The van der Waals surface area contributed by atoms with E-state index in [1.54, 1.807) is 12.1 Å². The van der Waals surface area contributed by atoms with E-state index < -0.39 is 17.4 Å². The predicted molar refractivity (Wildman–Crippen MR) is 128 cm³/mol. The number of halogens is 1. The smallest absolute Gasteiger partial charge is 0.250 e. The van der Waals surface area contributed by atoms with Gasteiger partial charge in [-0.3, -0.25) is 19.3 Å². The van der Waals surface area contributed by atoms with Crippen LogP contribution in [-0.4, -0.2) is 42.3 Å². The Bertz CT molecular complexity index is 1310. The SMILES string of the molecule is COc1cc(Cl)c(C)cc1N1C(=O)[C@@H]2[C@@H]3CCCN3[C@@]3(C(=O)Nc4c(C)cc(C)cc43)[C@H]2C1=O. The monoisotopic (exact) mass is 479 g/mol. The van der Waals surface area contributed by atoms with Gasteiger partial charge in [0.15, 0.2) is 0 Å².